The number of hydrogen-bond donors (Lipinski definition) is 12. The van der Waals surface area contributed by atoms with Gasteiger partial charge in [-0.3, -0.25) is 43.2 Å². The monoisotopic (exact) mass is 1220 g/mol. The molecule has 3 aromatic carbocycles. The van der Waals surface area contributed by atoms with Gasteiger partial charge in [0.1, 0.15) is 47.8 Å². The third kappa shape index (κ3) is 18.1. The van der Waals surface area contributed by atoms with Gasteiger partial charge in [0.25, 0.3) is 5.91 Å². The van der Waals surface area contributed by atoms with Gasteiger partial charge in [0.15, 0.2) is 5.78 Å². The number of aromatic hydroxyl groups is 1. The number of unbranched alkanes of at least 4 members (excludes halogenated alkanes) is 5. The highest BCUT2D eigenvalue weighted by Crippen LogP contribution is 2.29. The number of anilines is 3. The smallest absolute Gasteiger partial charge is 0.251 e. The Kier molecular flexibility index (Phi) is 24.9. The molecular formula is C62H88N12O14. The zero-order valence-electron chi connectivity index (χ0n) is 50.5. The van der Waals surface area contributed by atoms with Crippen molar-refractivity contribution in [2.75, 3.05) is 80.6 Å². The van der Waals surface area contributed by atoms with Crippen LogP contribution >= 0.6 is 0 Å². The lowest BCUT2D eigenvalue weighted by Gasteiger charge is -2.37. The average molecular weight is 1230 g/mol. The van der Waals surface area contributed by atoms with Gasteiger partial charge in [-0.2, -0.15) is 0 Å². The second kappa shape index (κ2) is 32.4. The minimum atomic E-state index is -1.75. The molecule has 4 saturated heterocycles. The molecule has 0 bridgehead atoms. The predicted octanol–water partition coefficient (Wildman–Crippen LogP) is -0.0808. The van der Waals surface area contributed by atoms with Crippen LogP contribution in [0.4, 0.5) is 17.1 Å². The number of Topliss-reactive ketones (excluding diaryl/α,β-unsaturated/α-hetero) is 1. The predicted molar refractivity (Wildman–Crippen MR) is 327 cm³/mol. The Morgan fingerprint density at radius 3 is 1.91 bits per heavy atom. The Morgan fingerprint density at radius 2 is 1.30 bits per heavy atom. The maximum absolute atomic E-state index is 14.6. The molecule has 480 valence electrons. The zero-order valence-corrected chi connectivity index (χ0v) is 50.5. The summed E-state index contributed by atoms with van der Waals surface area (Å²) in [4.78, 5) is 133. The number of aryl methyl sites for hydroxylation is 1. The van der Waals surface area contributed by atoms with E-state index < -0.39 is 133 Å². The Balaban J connectivity index is 1.09. The van der Waals surface area contributed by atoms with Gasteiger partial charge in [0.2, 0.25) is 41.4 Å². The summed E-state index contributed by atoms with van der Waals surface area (Å²) < 4.78 is 5.99. The van der Waals surface area contributed by atoms with Gasteiger partial charge in [0, 0.05) is 75.1 Å². The molecule has 0 aromatic heterocycles. The fourth-order valence-electron chi connectivity index (χ4n) is 11.6. The molecule has 8 amide bonds. The maximum Gasteiger partial charge on any atom is 0.251 e. The molecule has 7 rings (SSSR count). The first kappa shape index (κ1) is 67.6. The van der Waals surface area contributed by atoms with E-state index in [1.807, 2.05) is 24.3 Å². The Hall–Kier alpha value is -7.91. The van der Waals surface area contributed by atoms with Crippen LogP contribution in [0, 0.1) is 5.92 Å². The molecule has 0 spiro atoms. The van der Waals surface area contributed by atoms with E-state index in [0.717, 1.165) is 52.9 Å². The Labute approximate surface area is 512 Å². The normalized spacial score (nSPS) is 24.2. The maximum atomic E-state index is 14.6. The second-order valence-electron chi connectivity index (χ2n) is 23.3. The van der Waals surface area contributed by atoms with Crippen molar-refractivity contribution in [2.45, 2.75) is 152 Å². The van der Waals surface area contributed by atoms with E-state index >= 15 is 0 Å². The van der Waals surface area contributed by atoms with Gasteiger partial charge >= 0.3 is 0 Å². The van der Waals surface area contributed by atoms with Crippen LogP contribution in [-0.2, 0) is 44.8 Å². The number of hydrogen-bond acceptors (Lipinski definition) is 18. The van der Waals surface area contributed by atoms with Crippen LogP contribution < -0.4 is 57.9 Å². The van der Waals surface area contributed by atoms with Crippen LogP contribution in [0.25, 0.3) is 0 Å². The third-order valence-electron chi connectivity index (χ3n) is 16.7. The van der Waals surface area contributed by atoms with Crippen molar-refractivity contribution in [2.24, 2.45) is 17.4 Å². The van der Waals surface area contributed by atoms with Crippen molar-refractivity contribution in [1.82, 2.24) is 36.4 Å². The number of fused-ring (bicyclic) bond motifs is 2. The summed E-state index contributed by atoms with van der Waals surface area (Å²) in [7, 11) is 0. The molecule has 0 unspecified atom stereocenters. The first-order valence-electron chi connectivity index (χ1n) is 30.7. The van der Waals surface area contributed by atoms with Crippen molar-refractivity contribution in [1.29, 1.82) is 0 Å². The summed E-state index contributed by atoms with van der Waals surface area (Å²) in [5, 5.41) is 59.4. The first-order chi connectivity index (χ1) is 42.2. The molecule has 88 heavy (non-hydrogen) atoms. The van der Waals surface area contributed by atoms with Crippen molar-refractivity contribution >= 4 is 70.1 Å². The molecule has 3 aromatic rings. The summed E-state index contributed by atoms with van der Waals surface area (Å²) in [6, 6.07) is 9.96. The van der Waals surface area contributed by atoms with Gasteiger partial charge in [-0.1, -0.05) is 45.1 Å². The van der Waals surface area contributed by atoms with Gasteiger partial charge < -0.3 is 88.1 Å². The fraction of sp³-hybridized carbons (Fsp3) is 0.565. The standard InChI is InChI=1S/C62H88N12O14/c1-4-5-6-7-8-9-29-88-45-20-18-43(19-21-45)72-27-25-71(26-28-72)42-16-14-40(15-17-42)56(81)67-46-11-10-24-65-59(84)49-31-41(52(79)33-63)35-73(49)61(86)54(37(2)75)70-58(83)47(22-12-39-13-23-51(78)48(30-39)66-53(80)34-64)68-60(85)50-32-44(77)36-74(50)62(87)55(38(3)76)69-57(46)82/h13-21,23,30,37-38,41,44,46-47,49-50,54-55,75-78H,4-12,22,24-29,31-36,63-64H2,1-3H3,(H,65,84)(H,66,80)(H,67,81)(H,68,85)(H,69,82)(H,70,83)/t37-,38-,41+,44-,46+,47+,49+,50+,54+,55+/m1/s1. The number of piperazine rings is 1. The third-order valence-corrected chi connectivity index (χ3v) is 16.7. The summed E-state index contributed by atoms with van der Waals surface area (Å²) in [5.74, 6) is -7.58. The number of nitrogens with zero attached hydrogens (tertiary/aromatic N) is 4. The molecule has 26 nitrogen and oxygen atoms in total. The highest BCUT2D eigenvalue weighted by molar-refractivity contribution is 6.00. The summed E-state index contributed by atoms with van der Waals surface area (Å²) in [5.41, 5.74) is 13.8. The van der Waals surface area contributed by atoms with Crippen LogP contribution in [0.2, 0.25) is 0 Å². The number of amides is 8. The number of aliphatic hydroxyl groups is 3. The first-order valence-corrected chi connectivity index (χ1v) is 30.7. The van der Waals surface area contributed by atoms with Crippen LogP contribution in [0.1, 0.15) is 107 Å². The molecule has 4 fully saturated rings. The number of carbonyl (C=O) groups excluding carboxylic acids is 9. The topological polar surface area (TPSA) is 381 Å². The Bertz CT molecular complexity index is 2910. The van der Waals surface area contributed by atoms with E-state index in [-0.39, 0.29) is 68.6 Å². The molecule has 4 aliphatic heterocycles. The summed E-state index contributed by atoms with van der Waals surface area (Å²) in [6.45, 7) is 6.60. The highest BCUT2D eigenvalue weighted by Gasteiger charge is 2.47. The number of phenols is 1. The fourth-order valence-corrected chi connectivity index (χ4v) is 11.6. The van der Waals surface area contributed by atoms with Crippen LogP contribution in [0.3, 0.4) is 0 Å². The van der Waals surface area contributed by atoms with Crippen LogP contribution in [0.5, 0.6) is 11.5 Å². The van der Waals surface area contributed by atoms with E-state index in [4.69, 9.17) is 16.2 Å². The molecule has 10 atom stereocenters. The lowest BCUT2D eigenvalue weighted by Crippen LogP contribution is -2.61. The van der Waals surface area contributed by atoms with E-state index in [0.29, 0.717) is 25.3 Å². The van der Waals surface area contributed by atoms with Crippen LogP contribution in [-0.4, -0.2) is 203 Å². The number of ether oxygens (including phenoxy) is 1. The lowest BCUT2D eigenvalue weighted by molar-refractivity contribution is -0.145. The van der Waals surface area contributed by atoms with Crippen molar-refractivity contribution in [3.8, 4) is 11.5 Å². The zero-order chi connectivity index (χ0) is 63.6. The number of benzene rings is 3. The average Bonchev–Trinajstić information content (AvgIpc) is 4.23. The number of carbonyl (C=O) groups is 9. The van der Waals surface area contributed by atoms with Crippen molar-refractivity contribution < 1.29 is 68.3 Å². The second-order valence-corrected chi connectivity index (χ2v) is 23.3. The summed E-state index contributed by atoms with van der Waals surface area (Å²) >= 11 is 0. The minimum absolute atomic E-state index is 0.0000388. The largest absolute Gasteiger partial charge is 0.506 e. The number of rotatable bonds is 21. The number of aliphatic hydroxyl groups excluding tert-OH is 3. The molecule has 0 radical (unpaired) electrons. The highest BCUT2D eigenvalue weighted by atomic mass is 16.5. The van der Waals surface area contributed by atoms with Crippen molar-refractivity contribution in [3.63, 3.8) is 0 Å². The number of phenolic OH excluding ortho intramolecular Hbond substituents is 1. The van der Waals surface area contributed by atoms with Crippen molar-refractivity contribution in [3.05, 3.63) is 77.9 Å². The Morgan fingerprint density at radius 1 is 0.705 bits per heavy atom. The molecule has 14 N–H and O–H groups in total. The molecule has 0 saturated carbocycles. The minimum Gasteiger partial charge on any atom is -0.506 e. The molecule has 4 aliphatic rings. The quantitative estimate of drug-likeness (QED) is 0.0490. The van der Waals surface area contributed by atoms with Crippen LogP contribution in [0.15, 0.2) is 66.7 Å². The number of ketones is 1. The van der Waals surface area contributed by atoms with E-state index in [9.17, 15) is 63.6 Å². The van der Waals surface area contributed by atoms with E-state index in [1.54, 1.807) is 12.1 Å². The van der Waals surface area contributed by atoms with Gasteiger partial charge in [-0.15, -0.1) is 0 Å². The summed E-state index contributed by atoms with van der Waals surface area (Å²) in [6.07, 6.45) is 1.75. The molecule has 0 aliphatic carbocycles. The van der Waals surface area contributed by atoms with Gasteiger partial charge in [-0.25, -0.2) is 0 Å². The lowest BCUT2D eigenvalue weighted by atomic mass is 10.0. The van der Waals surface area contributed by atoms with Gasteiger partial charge in [0.05, 0.1) is 43.7 Å². The molecule has 26 heteroatoms. The number of nitrogens with two attached hydrogens (primary N) is 2. The van der Waals surface area contributed by atoms with E-state index in [2.05, 4.69) is 60.8 Å². The SMILES string of the molecule is CCCCCCCCOc1ccc(N2CCN(c3ccc(C(=O)N[C@H]4CCCNC(=O)[C@@H]5C[C@H](C(=O)CN)CN5C(=O)[C@H]([C@@H](C)O)NC(=O)[C@H](CCc5ccc(O)c(NC(=O)CN)c5)NC(=O)[C@@H]5C[C@@H](O)CN5C(=O)[C@H]([C@@H](C)O)NC4=O)cc3)CC2)cc1. The van der Waals surface area contributed by atoms with Gasteiger partial charge in [-0.05, 0) is 119 Å². The molecule has 4 heterocycles. The van der Waals surface area contributed by atoms with E-state index in [1.165, 1.54) is 57.7 Å². The molecular weight excluding hydrogens is 1140 g/mol. The number of nitrogens with one attached hydrogen (secondary N) is 6.